The van der Waals surface area contributed by atoms with Crippen LogP contribution in [-0.2, 0) is 18.2 Å². The summed E-state index contributed by atoms with van der Waals surface area (Å²) in [5, 5.41) is 10.8. The number of nitro groups is 1. The van der Waals surface area contributed by atoms with Crippen molar-refractivity contribution < 1.29 is 9.66 Å². The molecule has 9 nitrogen and oxygen atoms in total. The Balaban J connectivity index is 2.03. The summed E-state index contributed by atoms with van der Waals surface area (Å²) in [6.07, 6.45) is 0.193. The van der Waals surface area contributed by atoms with Gasteiger partial charge in [0.05, 0.1) is 22.7 Å². The molecule has 9 heteroatoms. The molecule has 1 aliphatic heterocycles. The van der Waals surface area contributed by atoms with E-state index in [-0.39, 0.29) is 29.9 Å². The summed E-state index contributed by atoms with van der Waals surface area (Å²) in [5.41, 5.74) is 0.338. The molecule has 1 aliphatic rings. The first-order chi connectivity index (χ1) is 12.8. The highest BCUT2D eigenvalue weighted by Gasteiger charge is 2.26. The molecule has 0 aliphatic carbocycles. The van der Waals surface area contributed by atoms with Crippen LogP contribution < -0.4 is 16.1 Å². The third-order valence-electron chi connectivity index (χ3n) is 4.64. The molecule has 2 atom stereocenters. The molecule has 1 N–H and O–H groups in total. The fourth-order valence-electron chi connectivity index (χ4n) is 3.39. The van der Waals surface area contributed by atoms with Crippen molar-refractivity contribution >= 4 is 11.5 Å². The number of nitrogens with zero attached hydrogens (tertiary/aromatic N) is 3. The van der Waals surface area contributed by atoms with Crippen molar-refractivity contribution in [3.8, 4) is 0 Å². The molecule has 1 aromatic heterocycles. The number of rotatable bonds is 4. The fraction of sp³-hybridized carbons (Fsp3) is 0.444. The highest BCUT2D eigenvalue weighted by atomic mass is 16.6. The molecule has 3 rings (SSSR count). The Kier molecular flexibility index (Phi) is 5.13. The van der Waals surface area contributed by atoms with Gasteiger partial charge in [0.2, 0.25) is 0 Å². The Morgan fingerprint density at radius 1 is 1.19 bits per heavy atom. The van der Waals surface area contributed by atoms with Gasteiger partial charge in [-0.1, -0.05) is 12.1 Å². The maximum Gasteiger partial charge on any atom is 0.329 e. The molecule has 1 aromatic carbocycles. The predicted octanol–water partition coefficient (Wildman–Crippen LogP) is 1.19. The number of hydrogen-bond donors (Lipinski definition) is 1. The number of morpholine rings is 1. The van der Waals surface area contributed by atoms with Crippen LogP contribution in [-0.4, -0.2) is 39.8 Å². The number of nitro benzene ring substituents is 1. The molecular weight excluding hydrogens is 352 g/mol. The maximum atomic E-state index is 12.8. The van der Waals surface area contributed by atoms with E-state index in [0.717, 1.165) is 10.1 Å². The molecule has 0 saturated carbocycles. The van der Waals surface area contributed by atoms with E-state index in [1.807, 2.05) is 18.7 Å². The lowest BCUT2D eigenvalue weighted by Gasteiger charge is -2.37. The number of anilines is 1. The zero-order valence-electron chi connectivity index (χ0n) is 15.5. The summed E-state index contributed by atoms with van der Waals surface area (Å²) in [6, 6.07) is 6.06. The van der Waals surface area contributed by atoms with E-state index in [1.54, 1.807) is 12.1 Å². The van der Waals surface area contributed by atoms with Crippen molar-refractivity contribution in [2.75, 3.05) is 18.0 Å². The van der Waals surface area contributed by atoms with Gasteiger partial charge in [-0.3, -0.25) is 24.5 Å². The van der Waals surface area contributed by atoms with Gasteiger partial charge in [-0.25, -0.2) is 4.79 Å². The first-order valence-corrected chi connectivity index (χ1v) is 8.72. The summed E-state index contributed by atoms with van der Waals surface area (Å²) in [4.78, 5) is 40.1. The molecule has 27 heavy (non-hydrogen) atoms. The van der Waals surface area contributed by atoms with Crippen LogP contribution in [0.1, 0.15) is 25.0 Å². The molecule has 0 spiro atoms. The van der Waals surface area contributed by atoms with Crippen molar-refractivity contribution in [3.63, 3.8) is 0 Å². The number of nitrogens with one attached hydrogen (secondary N) is 1. The number of ether oxygens (including phenoxy) is 1. The summed E-state index contributed by atoms with van der Waals surface area (Å²) >= 11 is 0. The van der Waals surface area contributed by atoms with E-state index < -0.39 is 10.6 Å². The first-order valence-electron chi connectivity index (χ1n) is 8.72. The summed E-state index contributed by atoms with van der Waals surface area (Å²) in [7, 11) is 1.43. The fourth-order valence-corrected chi connectivity index (χ4v) is 3.39. The monoisotopic (exact) mass is 374 g/mol. The minimum atomic E-state index is -0.478. The minimum Gasteiger partial charge on any atom is -0.372 e. The van der Waals surface area contributed by atoms with Gasteiger partial charge in [0.1, 0.15) is 5.82 Å². The van der Waals surface area contributed by atoms with Gasteiger partial charge in [-0.15, -0.1) is 0 Å². The average Bonchev–Trinajstić information content (AvgIpc) is 2.61. The van der Waals surface area contributed by atoms with E-state index >= 15 is 0 Å². The van der Waals surface area contributed by atoms with E-state index in [9.17, 15) is 19.7 Å². The number of non-ortho nitro benzene ring substituents is 1. The van der Waals surface area contributed by atoms with Crippen LogP contribution >= 0.6 is 0 Å². The Morgan fingerprint density at radius 3 is 2.33 bits per heavy atom. The Labute approximate surface area is 155 Å². The summed E-state index contributed by atoms with van der Waals surface area (Å²) in [6.45, 7) is 5.00. The van der Waals surface area contributed by atoms with Gasteiger partial charge in [-0.05, 0) is 19.4 Å². The molecule has 0 radical (unpaired) electrons. The molecular formula is C18H22N4O5. The Hall–Kier alpha value is -2.94. The smallest absolute Gasteiger partial charge is 0.329 e. The maximum absolute atomic E-state index is 12.8. The van der Waals surface area contributed by atoms with E-state index in [2.05, 4.69) is 4.98 Å². The number of hydrogen-bond acceptors (Lipinski definition) is 6. The summed E-state index contributed by atoms with van der Waals surface area (Å²) in [5.74, 6) is 0.489. The number of aromatic amines is 1. The van der Waals surface area contributed by atoms with Gasteiger partial charge < -0.3 is 9.64 Å². The van der Waals surface area contributed by atoms with Crippen LogP contribution in [0.3, 0.4) is 0 Å². The molecule has 2 aromatic rings. The largest absolute Gasteiger partial charge is 0.372 e. The predicted molar refractivity (Wildman–Crippen MR) is 100 cm³/mol. The normalized spacial score (nSPS) is 19.9. The lowest BCUT2D eigenvalue weighted by Crippen LogP contribution is -2.48. The second-order valence-corrected chi connectivity index (χ2v) is 6.88. The molecule has 0 bridgehead atoms. The van der Waals surface area contributed by atoms with Crippen LogP contribution in [0.15, 0.2) is 33.9 Å². The van der Waals surface area contributed by atoms with Crippen molar-refractivity contribution in [3.05, 3.63) is 66.3 Å². The van der Waals surface area contributed by atoms with Gasteiger partial charge in [-0.2, -0.15) is 0 Å². The molecule has 0 amide bonds. The zero-order valence-corrected chi connectivity index (χ0v) is 15.5. The Morgan fingerprint density at radius 2 is 1.78 bits per heavy atom. The quantitative estimate of drug-likeness (QED) is 0.636. The second kappa shape index (κ2) is 7.36. The van der Waals surface area contributed by atoms with Crippen LogP contribution in [0.25, 0.3) is 0 Å². The number of benzene rings is 1. The molecule has 2 unspecified atom stereocenters. The van der Waals surface area contributed by atoms with Crippen molar-refractivity contribution in [1.82, 2.24) is 9.55 Å². The highest BCUT2D eigenvalue weighted by molar-refractivity contribution is 5.49. The van der Waals surface area contributed by atoms with Gasteiger partial charge in [0.25, 0.3) is 11.2 Å². The third kappa shape index (κ3) is 3.92. The van der Waals surface area contributed by atoms with E-state index in [1.165, 1.54) is 19.2 Å². The van der Waals surface area contributed by atoms with Gasteiger partial charge in [0.15, 0.2) is 0 Å². The highest BCUT2D eigenvalue weighted by Crippen LogP contribution is 2.22. The SMILES string of the molecule is CC1CN(c2[nH]c(=O)n(C)c(=O)c2Cc2ccc([N+](=O)[O-])cc2)CC(C)O1. The van der Waals surface area contributed by atoms with E-state index in [4.69, 9.17) is 4.74 Å². The minimum absolute atomic E-state index is 0.0100. The van der Waals surface area contributed by atoms with Crippen LogP contribution in [0.4, 0.5) is 11.5 Å². The first kappa shape index (κ1) is 18.8. The van der Waals surface area contributed by atoms with Crippen LogP contribution in [0.2, 0.25) is 0 Å². The average molecular weight is 374 g/mol. The topological polar surface area (TPSA) is 110 Å². The van der Waals surface area contributed by atoms with Crippen molar-refractivity contribution in [2.24, 2.45) is 7.05 Å². The van der Waals surface area contributed by atoms with Crippen molar-refractivity contribution in [1.29, 1.82) is 0 Å². The number of H-pyrrole nitrogens is 1. The summed E-state index contributed by atoms with van der Waals surface area (Å²) < 4.78 is 6.77. The molecule has 1 saturated heterocycles. The third-order valence-corrected chi connectivity index (χ3v) is 4.64. The Bertz CT molecular complexity index is 953. The molecule has 2 heterocycles. The van der Waals surface area contributed by atoms with Crippen LogP contribution in [0, 0.1) is 10.1 Å². The zero-order chi connectivity index (χ0) is 19.7. The number of aromatic nitrogens is 2. The van der Waals surface area contributed by atoms with Crippen molar-refractivity contribution in [2.45, 2.75) is 32.5 Å². The molecule has 144 valence electrons. The van der Waals surface area contributed by atoms with Gasteiger partial charge in [0, 0.05) is 38.7 Å². The van der Waals surface area contributed by atoms with Gasteiger partial charge >= 0.3 is 5.69 Å². The lowest BCUT2D eigenvalue weighted by molar-refractivity contribution is -0.384. The lowest BCUT2D eigenvalue weighted by atomic mass is 10.1. The van der Waals surface area contributed by atoms with E-state index in [0.29, 0.717) is 24.5 Å². The second-order valence-electron chi connectivity index (χ2n) is 6.88. The van der Waals surface area contributed by atoms with Crippen LogP contribution in [0.5, 0.6) is 0 Å². The standard InChI is InChI=1S/C18H22N4O5/c1-11-9-21(10-12(2)27-11)16-15(17(23)20(3)18(24)19-16)8-13-4-6-14(7-5-13)22(25)26/h4-7,11-12H,8-10H2,1-3H3,(H,19,24). The molecule has 1 fully saturated rings.